The number of ether oxygens (including phenoxy) is 1. The van der Waals surface area contributed by atoms with Gasteiger partial charge in [0.2, 0.25) is 0 Å². The first-order valence-electron chi connectivity index (χ1n) is 17.2. The summed E-state index contributed by atoms with van der Waals surface area (Å²) < 4.78 is 6.52. The van der Waals surface area contributed by atoms with Crippen LogP contribution in [-0.4, -0.2) is 5.71 Å². The first-order valence-corrected chi connectivity index (χ1v) is 17.2. The van der Waals surface area contributed by atoms with Crippen LogP contribution in [0.25, 0.3) is 28.0 Å². The highest BCUT2D eigenvalue weighted by molar-refractivity contribution is 6.13. The van der Waals surface area contributed by atoms with Crippen LogP contribution in [0.15, 0.2) is 187 Å². The van der Waals surface area contributed by atoms with E-state index >= 15 is 0 Å². The van der Waals surface area contributed by atoms with Gasteiger partial charge in [0.05, 0.1) is 11.1 Å². The molecule has 7 aromatic rings. The van der Waals surface area contributed by atoms with Crippen LogP contribution in [-0.2, 0) is 5.41 Å². The molecule has 0 saturated carbocycles. The van der Waals surface area contributed by atoms with Crippen molar-refractivity contribution in [3.8, 4) is 33.8 Å². The van der Waals surface area contributed by atoms with E-state index in [4.69, 9.17) is 9.73 Å². The van der Waals surface area contributed by atoms with E-state index in [1.807, 2.05) is 0 Å². The molecule has 1 aliphatic carbocycles. The Hall–Kier alpha value is -6.45. The maximum Gasteiger partial charge on any atom is 0.145 e. The highest BCUT2D eigenvalue weighted by Crippen LogP contribution is 2.62. The van der Waals surface area contributed by atoms with Gasteiger partial charge in [0.25, 0.3) is 0 Å². The predicted molar refractivity (Wildman–Crippen MR) is 203 cm³/mol. The van der Waals surface area contributed by atoms with Gasteiger partial charge >= 0.3 is 0 Å². The van der Waals surface area contributed by atoms with Crippen LogP contribution in [0.4, 0.5) is 0 Å². The van der Waals surface area contributed by atoms with Crippen LogP contribution in [0.1, 0.15) is 45.1 Å². The number of aliphatic imine (C=N–C) groups is 1. The second-order valence-corrected chi connectivity index (χ2v) is 13.1. The fourth-order valence-corrected chi connectivity index (χ4v) is 8.14. The number of para-hydroxylation sites is 2. The number of nitrogens with one attached hydrogen (secondary N) is 1. The number of hydrogen-bond acceptors (Lipinski definition) is 3. The summed E-state index contributed by atoms with van der Waals surface area (Å²) in [6.45, 7) is 0. The Bertz CT molecular complexity index is 2430. The highest BCUT2D eigenvalue weighted by Gasteiger charge is 2.51. The minimum atomic E-state index is -0.482. The lowest BCUT2D eigenvalue weighted by Crippen LogP contribution is -2.32. The molecular weight excluding hydrogens is 609 g/mol. The molecule has 3 aliphatic rings. The second kappa shape index (κ2) is 11.3. The van der Waals surface area contributed by atoms with Crippen LogP contribution in [0.3, 0.4) is 0 Å². The van der Waals surface area contributed by atoms with Crippen molar-refractivity contribution in [1.29, 1.82) is 0 Å². The van der Waals surface area contributed by atoms with Gasteiger partial charge in [0.1, 0.15) is 17.7 Å². The molecule has 0 amide bonds. The van der Waals surface area contributed by atoms with Gasteiger partial charge in [-0.15, -0.1) is 0 Å². The van der Waals surface area contributed by atoms with Gasteiger partial charge < -0.3 is 10.1 Å². The van der Waals surface area contributed by atoms with E-state index in [0.717, 1.165) is 39.6 Å². The first kappa shape index (κ1) is 28.6. The largest absolute Gasteiger partial charge is 0.457 e. The van der Waals surface area contributed by atoms with Crippen molar-refractivity contribution in [3.05, 3.63) is 221 Å². The second-order valence-electron chi connectivity index (χ2n) is 13.1. The van der Waals surface area contributed by atoms with Gasteiger partial charge in [0.15, 0.2) is 0 Å². The molecule has 1 unspecified atom stereocenters. The summed E-state index contributed by atoms with van der Waals surface area (Å²) in [7, 11) is 0. The van der Waals surface area contributed by atoms with Crippen molar-refractivity contribution in [2.45, 2.75) is 11.6 Å². The third-order valence-corrected chi connectivity index (χ3v) is 10.4. The van der Waals surface area contributed by atoms with E-state index in [9.17, 15) is 0 Å². The van der Waals surface area contributed by atoms with Gasteiger partial charge in [-0.05, 0) is 74.3 Å². The average Bonchev–Trinajstić information content (AvgIpc) is 3.48. The van der Waals surface area contributed by atoms with Crippen LogP contribution in [0, 0.1) is 0 Å². The van der Waals surface area contributed by atoms with Crippen LogP contribution in [0.5, 0.6) is 11.5 Å². The van der Waals surface area contributed by atoms with Crippen LogP contribution < -0.4 is 10.1 Å². The molecule has 7 aromatic carbocycles. The van der Waals surface area contributed by atoms with E-state index in [0.29, 0.717) is 0 Å². The van der Waals surface area contributed by atoms with Crippen LogP contribution in [0.2, 0.25) is 0 Å². The fraction of sp³-hybridized carbons (Fsp3) is 0.0426. The summed E-state index contributed by atoms with van der Waals surface area (Å²) in [4.78, 5) is 5.24. The predicted octanol–water partition coefficient (Wildman–Crippen LogP) is 11.0. The van der Waals surface area contributed by atoms with Crippen molar-refractivity contribution in [2.24, 2.45) is 4.99 Å². The lowest BCUT2D eigenvalue weighted by Gasteiger charge is -2.39. The third-order valence-electron chi connectivity index (χ3n) is 10.4. The highest BCUT2D eigenvalue weighted by atomic mass is 16.5. The lowest BCUT2D eigenvalue weighted by atomic mass is 9.66. The molecule has 3 heteroatoms. The number of fused-ring (bicyclic) bond motifs is 9. The normalized spacial score (nSPS) is 16.1. The smallest absolute Gasteiger partial charge is 0.145 e. The number of hydrogen-bond donors (Lipinski definition) is 1. The van der Waals surface area contributed by atoms with Crippen molar-refractivity contribution in [2.75, 3.05) is 0 Å². The minimum absolute atomic E-state index is 0.221. The van der Waals surface area contributed by atoms with Gasteiger partial charge in [0, 0.05) is 16.8 Å². The van der Waals surface area contributed by atoms with Crippen LogP contribution >= 0.6 is 0 Å². The Morgan fingerprint density at radius 2 is 1.00 bits per heavy atom. The molecule has 0 fully saturated rings. The molecular formula is C47H32N2O. The zero-order valence-corrected chi connectivity index (χ0v) is 27.3. The molecule has 1 atom stereocenters. The maximum atomic E-state index is 6.52. The van der Waals surface area contributed by atoms with E-state index in [2.05, 4.69) is 187 Å². The molecule has 1 N–H and O–H groups in total. The molecule has 3 nitrogen and oxygen atoms in total. The lowest BCUT2D eigenvalue weighted by molar-refractivity contribution is 0.436. The summed E-state index contributed by atoms with van der Waals surface area (Å²) in [5, 5.41) is 3.79. The quantitative estimate of drug-likeness (QED) is 0.208. The number of benzene rings is 7. The zero-order valence-electron chi connectivity index (χ0n) is 27.3. The summed E-state index contributed by atoms with van der Waals surface area (Å²) in [6, 6.07) is 62.6. The molecule has 0 aromatic heterocycles. The van der Waals surface area contributed by atoms with E-state index in [1.165, 1.54) is 44.5 Å². The maximum absolute atomic E-state index is 6.52. The van der Waals surface area contributed by atoms with E-state index in [-0.39, 0.29) is 6.17 Å². The Morgan fingerprint density at radius 3 is 1.72 bits per heavy atom. The SMILES string of the molecule is C1=C(c2ccc3c(c2)-c2ccccc2C32c3ccccc3Oc3ccccc32)NC(c2ccccc2)N=C1c1ccc(-c2ccccc2)cc1. The van der Waals surface area contributed by atoms with Crippen molar-refractivity contribution in [1.82, 2.24) is 5.32 Å². The Morgan fingerprint density at radius 1 is 0.460 bits per heavy atom. The summed E-state index contributed by atoms with van der Waals surface area (Å²) in [6.07, 6.45) is 1.98. The van der Waals surface area contributed by atoms with Gasteiger partial charge in [-0.1, -0.05) is 158 Å². The number of nitrogens with zero attached hydrogens (tertiary/aromatic N) is 1. The minimum Gasteiger partial charge on any atom is -0.457 e. The fourth-order valence-electron chi connectivity index (χ4n) is 8.14. The Kier molecular flexibility index (Phi) is 6.47. The molecule has 236 valence electrons. The average molecular weight is 641 g/mol. The standard InChI is InChI=1S/C47H32N2O/c1-3-13-31(14-4-1)32-23-25-33(26-24-32)42-30-43(49-46(48-42)34-15-5-2-6-16-34)35-27-28-39-37(29-35)36-17-7-8-18-38(36)47(39)40-19-9-11-21-44(40)50-45-22-12-10-20-41(45)47/h1-30,46,49H. The molecule has 2 aliphatic heterocycles. The first-order chi connectivity index (χ1) is 24.8. The van der Waals surface area contributed by atoms with Crippen molar-refractivity contribution >= 4 is 11.4 Å². The topological polar surface area (TPSA) is 33.6 Å². The number of rotatable bonds is 4. The van der Waals surface area contributed by atoms with Gasteiger partial charge in [-0.2, -0.15) is 0 Å². The van der Waals surface area contributed by atoms with E-state index < -0.39 is 5.41 Å². The monoisotopic (exact) mass is 640 g/mol. The third kappa shape index (κ3) is 4.33. The molecule has 0 saturated heterocycles. The zero-order chi connectivity index (χ0) is 33.1. The number of allylic oxidation sites excluding steroid dienone is 1. The molecule has 0 bridgehead atoms. The molecule has 2 heterocycles. The Labute approximate surface area is 291 Å². The van der Waals surface area contributed by atoms with Crippen molar-refractivity contribution in [3.63, 3.8) is 0 Å². The summed E-state index contributed by atoms with van der Waals surface area (Å²) >= 11 is 0. The molecule has 50 heavy (non-hydrogen) atoms. The summed E-state index contributed by atoms with van der Waals surface area (Å²) in [5.41, 5.74) is 14.6. The van der Waals surface area contributed by atoms with Gasteiger partial charge in [-0.25, -0.2) is 0 Å². The molecule has 0 radical (unpaired) electrons. The van der Waals surface area contributed by atoms with Crippen molar-refractivity contribution < 1.29 is 4.74 Å². The molecule has 1 spiro atoms. The molecule has 10 rings (SSSR count). The summed E-state index contributed by atoms with van der Waals surface area (Å²) in [5.74, 6) is 1.80. The van der Waals surface area contributed by atoms with Gasteiger partial charge in [-0.3, -0.25) is 4.99 Å². The Balaban J connectivity index is 1.13. The van der Waals surface area contributed by atoms with E-state index in [1.54, 1.807) is 0 Å².